The summed E-state index contributed by atoms with van der Waals surface area (Å²) in [7, 11) is 0. The number of anilines is 3. The Morgan fingerprint density at radius 1 is 0.975 bits per heavy atom. The standard InChI is InChI=1S/C28H33N11O/c29-36-35-24-14-25-5-7-31-27(40)19-38-10-8-37(9-11-38)17-20-2-1-3-23(12-20)34-26-13-21(4-6-30-26)22-15-32-28(33-16-22)39(25)18-24/h1-4,6,12-13,15-16,24-25H,5,7-11,14,17-19H2,(H,30,34)(H,31,40). The molecule has 206 valence electrons. The van der Waals surface area contributed by atoms with Gasteiger partial charge in [-0.25, -0.2) is 15.0 Å². The number of aromatic nitrogens is 3. The van der Waals surface area contributed by atoms with E-state index in [0.29, 0.717) is 32.0 Å². The monoisotopic (exact) mass is 539 g/mol. The summed E-state index contributed by atoms with van der Waals surface area (Å²) in [5.74, 6) is 1.38. The van der Waals surface area contributed by atoms with Gasteiger partial charge in [0.25, 0.3) is 0 Å². The van der Waals surface area contributed by atoms with Crippen LogP contribution in [-0.4, -0.2) is 88.6 Å². The molecule has 2 N–H and O–H groups in total. The number of rotatable bonds is 1. The molecule has 1 aromatic carbocycles. The van der Waals surface area contributed by atoms with Crippen molar-refractivity contribution in [3.8, 4) is 11.1 Å². The van der Waals surface area contributed by atoms with Crippen LogP contribution < -0.4 is 15.5 Å². The Kier molecular flexibility index (Phi) is 7.71. The van der Waals surface area contributed by atoms with Gasteiger partial charge in [-0.3, -0.25) is 14.6 Å². The summed E-state index contributed by atoms with van der Waals surface area (Å²) >= 11 is 0. The molecular formula is C28H33N11O. The first-order valence-electron chi connectivity index (χ1n) is 13.8. The fourth-order valence-electron chi connectivity index (χ4n) is 5.76. The Morgan fingerprint density at radius 3 is 2.58 bits per heavy atom. The number of nitrogens with one attached hydrogen (secondary N) is 2. The topological polar surface area (TPSA) is 138 Å². The molecule has 2 unspecified atom stereocenters. The van der Waals surface area contributed by atoms with Crippen LogP contribution in [0.3, 0.4) is 0 Å². The third kappa shape index (κ3) is 6.15. The van der Waals surface area contributed by atoms with Crippen LogP contribution in [0.1, 0.15) is 18.4 Å². The second-order valence-corrected chi connectivity index (χ2v) is 10.6. The van der Waals surface area contributed by atoms with Gasteiger partial charge < -0.3 is 15.5 Å². The van der Waals surface area contributed by atoms with Crippen LogP contribution in [0.25, 0.3) is 21.6 Å². The minimum absolute atomic E-state index is 0.0396. The minimum atomic E-state index is -0.156. The maximum Gasteiger partial charge on any atom is 0.234 e. The number of carbonyl (C=O) groups excluding carboxylic acids is 1. The lowest BCUT2D eigenvalue weighted by Gasteiger charge is -2.34. The summed E-state index contributed by atoms with van der Waals surface area (Å²) in [5, 5.41) is 10.5. The van der Waals surface area contributed by atoms with Crippen molar-refractivity contribution in [2.45, 2.75) is 31.5 Å². The highest BCUT2D eigenvalue weighted by molar-refractivity contribution is 5.78. The van der Waals surface area contributed by atoms with Gasteiger partial charge in [0, 0.05) is 86.6 Å². The molecule has 40 heavy (non-hydrogen) atoms. The molecule has 0 radical (unpaired) electrons. The van der Waals surface area contributed by atoms with Gasteiger partial charge in [-0.15, -0.1) is 0 Å². The molecule has 0 saturated carbocycles. The molecule has 8 bridgehead atoms. The fraction of sp³-hybridized carbons (Fsp3) is 0.429. The number of hydrogen-bond donors (Lipinski definition) is 2. The first-order valence-corrected chi connectivity index (χ1v) is 13.8. The number of carbonyl (C=O) groups is 1. The van der Waals surface area contributed by atoms with Gasteiger partial charge in [0.15, 0.2) is 0 Å². The van der Waals surface area contributed by atoms with Crippen molar-refractivity contribution in [2.75, 3.05) is 56.0 Å². The molecule has 2 aromatic heterocycles. The van der Waals surface area contributed by atoms with E-state index in [1.165, 1.54) is 5.56 Å². The van der Waals surface area contributed by atoms with Crippen LogP contribution in [0.2, 0.25) is 0 Å². The predicted octanol–water partition coefficient (Wildman–Crippen LogP) is 3.18. The van der Waals surface area contributed by atoms with E-state index in [1.54, 1.807) is 6.20 Å². The number of hydrogen-bond acceptors (Lipinski definition) is 9. The van der Waals surface area contributed by atoms with Crippen LogP contribution in [0, 0.1) is 0 Å². The third-order valence-corrected chi connectivity index (χ3v) is 7.83. The maximum absolute atomic E-state index is 12.7. The largest absolute Gasteiger partial charge is 0.355 e. The second-order valence-electron chi connectivity index (χ2n) is 10.6. The molecule has 2 fully saturated rings. The van der Waals surface area contributed by atoms with E-state index in [2.05, 4.69) is 68.5 Å². The molecule has 12 nitrogen and oxygen atoms in total. The summed E-state index contributed by atoms with van der Waals surface area (Å²) in [6.07, 6.45) is 6.84. The SMILES string of the molecule is [N-]=[N+]=NC1CC2CCNC(=O)CN3CCN(CC3)Cc3cccc(c3)Nc3cc(ccn3)-c3cnc(nc3)N2C1. The van der Waals surface area contributed by atoms with E-state index < -0.39 is 0 Å². The molecule has 0 aliphatic carbocycles. The molecule has 3 aromatic rings. The van der Waals surface area contributed by atoms with Crippen molar-refractivity contribution in [3.05, 3.63) is 71.0 Å². The van der Waals surface area contributed by atoms with E-state index in [0.717, 1.165) is 61.8 Å². The van der Waals surface area contributed by atoms with E-state index in [1.807, 2.05) is 30.6 Å². The quantitative estimate of drug-likeness (QED) is 0.273. The third-order valence-electron chi connectivity index (χ3n) is 7.83. The van der Waals surface area contributed by atoms with Gasteiger partial charge in [-0.05, 0) is 53.8 Å². The predicted molar refractivity (Wildman–Crippen MR) is 153 cm³/mol. The smallest absolute Gasteiger partial charge is 0.234 e. The van der Waals surface area contributed by atoms with Crippen molar-refractivity contribution in [1.29, 1.82) is 0 Å². The Morgan fingerprint density at radius 2 is 1.77 bits per heavy atom. The van der Waals surface area contributed by atoms with Gasteiger partial charge in [0.1, 0.15) is 5.82 Å². The minimum Gasteiger partial charge on any atom is -0.355 e. The van der Waals surface area contributed by atoms with Crippen LogP contribution >= 0.6 is 0 Å². The van der Waals surface area contributed by atoms with Crippen LogP contribution in [0.15, 0.2) is 60.1 Å². The first-order chi connectivity index (χ1) is 19.6. The summed E-state index contributed by atoms with van der Waals surface area (Å²) in [6.45, 7) is 5.92. The summed E-state index contributed by atoms with van der Waals surface area (Å²) < 4.78 is 0. The van der Waals surface area contributed by atoms with Crippen molar-refractivity contribution in [3.63, 3.8) is 0 Å². The van der Waals surface area contributed by atoms with E-state index in [4.69, 9.17) is 5.53 Å². The lowest BCUT2D eigenvalue weighted by Crippen LogP contribution is -2.49. The first kappa shape index (κ1) is 26.0. The summed E-state index contributed by atoms with van der Waals surface area (Å²) in [4.78, 5) is 36.3. The Labute approximate surface area is 233 Å². The molecule has 8 heterocycles. The van der Waals surface area contributed by atoms with E-state index in [9.17, 15) is 4.79 Å². The molecule has 1 amide bonds. The zero-order valence-corrected chi connectivity index (χ0v) is 22.4. The average molecular weight is 540 g/mol. The lowest BCUT2D eigenvalue weighted by molar-refractivity contribution is -0.122. The molecule has 2 saturated heterocycles. The van der Waals surface area contributed by atoms with Gasteiger partial charge in [-0.1, -0.05) is 17.2 Å². The highest BCUT2D eigenvalue weighted by Gasteiger charge is 2.33. The zero-order chi connectivity index (χ0) is 27.3. The Bertz CT molecular complexity index is 1380. The molecule has 6 aliphatic heterocycles. The Hall–Kier alpha value is -4.25. The van der Waals surface area contributed by atoms with Crippen LogP contribution in [0.5, 0.6) is 0 Å². The molecule has 0 spiro atoms. The van der Waals surface area contributed by atoms with Crippen molar-refractivity contribution < 1.29 is 4.79 Å². The number of pyridine rings is 1. The normalized spacial score (nSPS) is 24.9. The van der Waals surface area contributed by atoms with Crippen LogP contribution in [0.4, 0.5) is 17.5 Å². The Balaban J connectivity index is 1.27. The highest BCUT2D eigenvalue weighted by Crippen LogP contribution is 2.28. The van der Waals surface area contributed by atoms with Crippen molar-refractivity contribution in [2.24, 2.45) is 5.11 Å². The summed E-state index contributed by atoms with van der Waals surface area (Å²) in [6, 6.07) is 12.3. The molecular weight excluding hydrogens is 506 g/mol. The van der Waals surface area contributed by atoms with Gasteiger partial charge in [0.05, 0.1) is 12.6 Å². The van der Waals surface area contributed by atoms with E-state index in [-0.39, 0.29) is 18.0 Å². The van der Waals surface area contributed by atoms with Gasteiger partial charge >= 0.3 is 0 Å². The van der Waals surface area contributed by atoms with E-state index >= 15 is 0 Å². The lowest BCUT2D eigenvalue weighted by atomic mass is 10.1. The summed E-state index contributed by atoms with van der Waals surface area (Å²) in [5.41, 5.74) is 13.1. The maximum atomic E-state index is 12.7. The van der Waals surface area contributed by atoms with Gasteiger partial charge in [-0.2, -0.15) is 0 Å². The number of amides is 1. The molecule has 9 rings (SSSR count). The molecule has 6 aliphatic rings. The average Bonchev–Trinajstić information content (AvgIpc) is 3.37. The number of piperazine rings is 1. The van der Waals surface area contributed by atoms with Gasteiger partial charge in [0.2, 0.25) is 11.9 Å². The second kappa shape index (κ2) is 11.9. The van der Waals surface area contributed by atoms with Crippen LogP contribution in [-0.2, 0) is 11.3 Å². The van der Waals surface area contributed by atoms with Crippen molar-refractivity contribution in [1.82, 2.24) is 30.1 Å². The number of azide groups is 1. The van der Waals surface area contributed by atoms with Crippen molar-refractivity contribution >= 4 is 23.4 Å². The fourth-order valence-corrected chi connectivity index (χ4v) is 5.76. The highest BCUT2D eigenvalue weighted by atomic mass is 16.2. The number of benzene rings is 1. The zero-order valence-electron chi connectivity index (χ0n) is 22.4. The number of nitrogens with zero attached hydrogens (tertiary/aromatic N) is 9. The molecule has 2 atom stereocenters. The molecule has 12 heteroatoms.